The van der Waals surface area contributed by atoms with Crippen LogP contribution in [0.15, 0.2) is 0 Å². The lowest BCUT2D eigenvalue weighted by atomic mass is 9.76. The maximum atomic E-state index is 12.0. The predicted molar refractivity (Wildman–Crippen MR) is 83.4 cm³/mol. The van der Waals surface area contributed by atoms with Crippen LogP contribution in [0.2, 0.25) is 0 Å². The smallest absolute Gasteiger partial charge is 0.306 e. The van der Waals surface area contributed by atoms with Gasteiger partial charge in [-0.3, -0.25) is 4.79 Å². The molecule has 118 valence electrons. The van der Waals surface area contributed by atoms with Crippen LogP contribution in [0.4, 0.5) is 0 Å². The molecule has 3 heteroatoms. The van der Waals surface area contributed by atoms with Gasteiger partial charge in [-0.25, -0.2) is 0 Å². The molecule has 0 heterocycles. The molecular formula is C17H33NO2. The summed E-state index contributed by atoms with van der Waals surface area (Å²) in [7, 11) is 0. The van der Waals surface area contributed by atoms with Gasteiger partial charge >= 0.3 is 5.97 Å². The molecule has 1 aliphatic carbocycles. The highest BCUT2D eigenvalue weighted by atomic mass is 16.5. The number of rotatable bonds is 6. The maximum Gasteiger partial charge on any atom is 0.306 e. The molecule has 3 nitrogen and oxygen atoms in total. The zero-order valence-electron chi connectivity index (χ0n) is 13.8. The van der Waals surface area contributed by atoms with Crippen LogP contribution in [0.25, 0.3) is 0 Å². The first-order valence-electron chi connectivity index (χ1n) is 8.22. The van der Waals surface area contributed by atoms with Crippen molar-refractivity contribution in [2.45, 2.75) is 78.7 Å². The number of esters is 1. The Kier molecular flexibility index (Phi) is 7.01. The number of carbonyl (C=O) groups is 1. The summed E-state index contributed by atoms with van der Waals surface area (Å²) in [5, 5.41) is 0. The molecule has 1 saturated carbocycles. The molecule has 0 bridgehead atoms. The molecule has 0 aliphatic heterocycles. The van der Waals surface area contributed by atoms with E-state index in [9.17, 15) is 4.79 Å². The number of hydrogen-bond donors (Lipinski definition) is 1. The van der Waals surface area contributed by atoms with Crippen molar-refractivity contribution in [1.29, 1.82) is 0 Å². The first-order chi connectivity index (χ1) is 9.32. The van der Waals surface area contributed by atoms with Gasteiger partial charge in [-0.15, -0.1) is 0 Å². The van der Waals surface area contributed by atoms with Gasteiger partial charge in [0.25, 0.3) is 0 Å². The molecule has 0 saturated heterocycles. The minimum atomic E-state index is -0.0182. The highest BCUT2D eigenvalue weighted by molar-refractivity contribution is 5.69. The Labute approximate surface area is 124 Å². The van der Waals surface area contributed by atoms with Crippen LogP contribution in [0.3, 0.4) is 0 Å². The van der Waals surface area contributed by atoms with Crippen molar-refractivity contribution in [1.82, 2.24) is 0 Å². The van der Waals surface area contributed by atoms with Crippen LogP contribution < -0.4 is 5.73 Å². The Hall–Kier alpha value is -0.570. The molecule has 3 unspecified atom stereocenters. The first kappa shape index (κ1) is 17.5. The van der Waals surface area contributed by atoms with Gasteiger partial charge in [-0.1, -0.05) is 34.1 Å². The Morgan fingerprint density at radius 2 is 2.00 bits per heavy atom. The average Bonchev–Trinajstić information content (AvgIpc) is 2.33. The molecule has 0 aromatic rings. The lowest BCUT2D eigenvalue weighted by Crippen LogP contribution is -2.27. The summed E-state index contributed by atoms with van der Waals surface area (Å²) in [6.45, 7) is 9.61. The molecule has 0 aromatic heterocycles. The fraction of sp³-hybridized carbons (Fsp3) is 0.941. The van der Waals surface area contributed by atoms with Gasteiger partial charge in [0.05, 0.1) is 0 Å². The van der Waals surface area contributed by atoms with Crippen molar-refractivity contribution in [3.8, 4) is 0 Å². The van der Waals surface area contributed by atoms with E-state index in [0.717, 1.165) is 25.7 Å². The summed E-state index contributed by atoms with van der Waals surface area (Å²) in [5.74, 6) is 1.17. The molecule has 0 radical (unpaired) electrons. The number of carbonyl (C=O) groups excluding carboxylic acids is 1. The van der Waals surface area contributed by atoms with Crippen LogP contribution in [0.1, 0.15) is 72.6 Å². The normalized spacial score (nSPS) is 25.2. The molecule has 0 aromatic carbocycles. The molecule has 3 atom stereocenters. The molecule has 0 amide bonds. The molecular weight excluding hydrogens is 250 g/mol. The van der Waals surface area contributed by atoms with Gasteiger partial charge in [0.1, 0.15) is 6.10 Å². The molecule has 20 heavy (non-hydrogen) atoms. The summed E-state index contributed by atoms with van der Waals surface area (Å²) in [6.07, 6.45) is 7.12. The van der Waals surface area contributed by atoms with Gasteiger partial charge in [0.2, 0.25) is 0 Å². The molecule has 1 fully saturated rings. The molecule has 0 spiro atoms. The maximum absolute atomic E-state index is 12.0. The second-order valence-corrected chi connectivity index (χ2v) is 7.56. The number of hydrogen-bond acceptors (Lipinski definition) is 3. The Balaban J connectivity index is 2.34. The molecule has 1 aliphatic rings. The third kappa shape index (κ3) is 6.25. The second kappa shape index (κ2) is 8.02. The van der Waals surface area contributed by atoms with Gasteiger partial charge in [-0.2, -0.15) is 0 Å². The van der Waals surface area contributed by atoms with E-state index in [0.29, 0.717) is 24.8 Å². The van der Waals surface area contributed by atoms with E-state index in [4.69, 9.17) is 10.5 Å². The molecule has 1 rings (SSSR count). The van der Waals surface area contributed by atoms with Crippen LogP contribution in [-0.2, 0) is 9.53 Å². The zero-order chi connectivity index (χ0) is 15.2. The lowest BCUT2D eigenvalue weighted by Gasteiger charge is -2.31. The van der Waals surface area contributed by atoms with Crippen LogP contribution >= 0.6 is 0 Å². The van der Waals surface area contributed by atoms with Crippen LogP contribution in [0, 0.1) is 17.3 Å². The largest absolute Gasteiger partial charge is 0.462 e. The van der Waals surface area contributed by atoms with Gasteiger partial charge in [0.15, 0.2) is 0 Å². The topological polar surface area (TPSA) is 52.3 Å². The molecule has 2 N–H and O–H groups in total. The third-order valence-electron chi connectivity index (χ3n) is 4.62. The van der Waals surface area contributed by atoms with E-state index in [-0.39, 0.29) is 17.5 Å². The van der Waals surface area contributed by atoms with Crippen molar-refractivity contribution >= 4 is 5.97 Å². The summed E-state index contributed by atoms with van der Waals surface area (Å²) >= 11 is 0. The van der Waals surface area contributed by atoms with E-state index >= 15 is 0 Å². The minimum Gasteiger partial charge on any atom is -0.462 e. The van der Waals surface area contributed by atoms with Gasteiger partial charge < -0.3 is 10.5 Å². The lowest BCUT2D eigenvalue weighted by molar-refractivity contribution is -0.151. The van der Waals surface area contributed by atoms with Gasteiger partial charge in [-0.05, 0) is 55.9 Å². The van der Waals surface area contributed by atoms with Crippen molar-refractivity contribution in [2.75, 3.05) is 6.54 Å². The van der Waals surface area contributed by atoms with Crippen molar-refractivity contribution in [3.63, 3.8) is 0 Å². The number of nitrogens with two attached hydrogens (primary N) is 1. The van der Waals surface area contributed by atoms with E-state index < -0.39 is 0 Å². The summed E-state index contributed by atoms with van der Waals surface area (Å²) in [6, 6.07) is 0. The zero-order valence-corrected chi connectivity index (χ0v) is 13.8. The SMILES string of the molecule is CC1CCCC(OC(=O)CCC(CCN)C(C)(C)C)C1. The minimum absolute atomic E-state index is 0.0182. The Morgan fingerprint density at radius 1 is 1.30 bits per heavy atom. The van der Waals surface area contributed by atoms with Crippen molar-refractivity contribution in [3.05, 3.63) is 0 Å². The Morgan fingerprint density at radius 3 is 2.55 bits per heavy atom. The van der Waals surface area contributed by atoms with E-state index in [1.807, 2.05) is 0 Å². The number of ether oxygens (including phenoxy) is 1. The first-order valence-corrected chi connectivity index (χ1v) is 8.22. The fourth-order valence-corrected chi connectivity index (χ4v) is 3.23. The fourth-order valence-electron chi connectivity index (χ4n) is 3.23. The average molecular weight is 283 g/mol. The van der Waals surface area contributed by atoms with E-state index in [1.165, 1.54) is 12.8 Å². The van der Waals surface area contributed by atoms with E-state index in [2.05, 4.69) is 27.7 Å². The summed E-state index contributed by atoms with van der Waals surface area (Å²) in [4.78, 5) is 12.0. The van der Waals surface area contributed by atoms with E-state index in [1.54, 1.807) is 0 Å². The Bertz CT molecular complexity index is 296. The van der Waals surface area contributed by atoms with Crippen LogP contribution in [0.5, 0.6) is 0 Å². The monoisotopic (exact) mass is 283 g/mol. The standard InChI is InChI=1S/C17H33NO2/c1-13-6-5-7-15(12-13)20-16(19)9-8-14(10-11-18)17(2,3)4/h13-15H,5-12,18H2,1-4H3. The van der Waals surface area contributed by atoms with Crippen LogP contribution in [-0.4, -0.2) is 18.6 Å². The van der Waals surface area contributed by atoms with Crippen molar-refractivity contribution < 1.29 is 9.53 Å². The van der Waals surface area contributed by atoms with Gasteiger partial charge in [0, 0.05) is 6.42 Å². The highest BCUT2D eigenvalue weighted by Gasteiger charge is 2.26. The quantitative estimate of drug-likeness (QED) is 0.752. The summed E-state index contributed by atoms with van der Waals surface area (Å²) < 4.78 is 5.63. The van der Waals surface area contributed by atoms with Crippen molar-refractivity contribution in [2.24, 2.45) is 23.0 Å². The highest BCUT2D eigenvalue weighted by Crippen LogP contribution is 2.32. The summed E-state index contributed by atoms with van der Waals surface area (Å²) in [5.41, 5.74) is 5.89. The second-order valence-electron chi connectivity index (χ2n) is 7.56. The third-order valence-corrected chi connectivity index (χ3v) is 4.62. The predicted octanol–water partition coefficient (Wildman–Crippen LogP) is 3.90.